The monoisotopic (exact) mass is 378 g/mol. The molecule has 1 unspecified atom stereocenters. The highest BCUT2D eigenvalue weighted by Crippen LogP contribution is 2.60. The number of benzene rings is 1. The molecular formula is C18H23N2O5P. The van der Waals surface area contributed by atoms with E-state index in [1.165, 1.54) is 31.8 Å². The quantitative estimate of drug-likeness (QED) is 0.673. The Balaban J connectivity index is 2.51. The molecule has 0 spiro atoms. The van der Waals surface area contributed by atoms with Gasteiger partial charge in [0.15, 0.2) is 11.5 Å². The van der Waals surface area contributed by atoms with Gasteiger partial charge in [-0.05, 0) is 31.9 Å². The summed E-state index contributed by atoms with van der Waals surface area (Å²) in [5, 5.41) is 10.3. The van der Waals surface area contributed by atoms with Crippen LogP contribution in [0.3, 0.4) is 0 Å². The number of rotatable bonds is 8. The molecule has 1 aromatic heterocycles. The van der Waals surface area contributed by atoms with Gasteiger partial charge in [0.25, 0.3) is 0 Å². The van der Waals surface area contributed by atoms with Gasteiger partial charge in [-0.25, -0.2) is 4.57 Å². The first-order chi connectivity index (χ1) is 12.4. The van der Waals surface area contributed by atoms with Crippen molar-refractivity contribution in [2.45, 2.75) is 27.2 Å². The molecule has 0 radical (unpaired) electrons. The molecule has 0 saturated carbocycles. The molecule has 26 heavy (non-hydrogen) atoms. The molecule has 7 nitrogen and oxygen atoms in total. The van der Waals surface area contributed by atoms with Crippen LogP contribution in [0.2, 0.25) is 0 Å². The highest BCUT2D eigenvalue weighted by atomic mass is 31.2. The van der Waals surface area contributed by atoms with Crippen molar-refractivity contribution in [1.82, 2.24) is 9.97 Å². The minimum Gasteiger partial charge on any atom is -0.504 e. The number of phenolic OH excluding ortho intramolecular Hbond substituents is 1. The van der Waals surface area contributed by atoms with E-state index in [0.29, 0.717) is 23.0 Å². The van der Waals surface area contributed by atoms with Crippen LogP contribution in [0.4, 0.5) is 0 Å². The molecule has 2 aromatic rings. The predicted octanol–water partition coefficient (Wildman–Crippen LogP) is 4.56. The standard InChI is InChI=1S/C18H23N2O5P/c1-5-7-17(15-12-19-8-9-20-15)26(22,24-6-2)25-14-10-13(3)18(21)16(11-14)23-4/h7-12,21H,5-6H2,1-4H3/b17-7+. The minimum absolute atomic E-state index is 0.00402. The van der Waals surface area contributed by atoms with Gasteiger partial charge in [0.1, 0.15) is 5.75 Å². The third-order valence-corrected chi connectivity index (χ3v) is 5.55. The summed E-state index contributed by atoms with van der Waals surface area (Å²) in [5.41, 5.74) is 0.955. The van der Waals surface area contributed by atoms with Gasteiger partial charge < -0.3 is 14.4 Å². The molecule has 2 rings (SSSR count). The van der Waals surface area contributed by atoms with E-state index in [4.69, 9.17) is 13.8 Å². The van der Waals surface area contributed by atoms with Crippen LogP contribution in [0.15, 0.2) is 36.8 Å². The van der Waals surface area contributed by atoms with Crippen LogP contribution in [0.1, 0.15) is 31.5 Å². The summed E-state index contributed by atoms with van der Waals surface area (Å²) < 4.78 is 30.1. The Labute approximate surface area is 153 Å². The second-order valence-corrected chi connectivity index (χ2v) is 7.30. The van der Waals surface area contributed by atoms with Gasteiger partial charge in [0.2, 0.25) is 0 Å². The molecule has 140 valence electrons. The number of allylic oxidation sites excluding steroid dienone is 1. The summed E-state index contributed by atoms with van der Waals surface area (Å²) in [4.78, 5) is 8.26. The SMILES string of the molecule is CC/C=C(\c1cnccn1)P(=O)(OCC)Oc1cc(C)c(O)c(OC)c1. The fourth-order valence-electron chi connectivity index (χ4n) is 2.36. The van der Waals surface area contributed by atoms with Gasteiger partial charge >= 0.3 is 7.60 Å². The lowest BCUT2D eigenvalue weighted by Crippen LogP contribution is -2.03. The average Bonchev–Trinajstić information content (AvgIpc) is 2.63. The summed E-state index contributed by atoms with van der Waals surface area (Å²) in [5.74, 6) is 0.493. The number of aromatic nitrogens is 2. The summed E-state index contributed by atoms with van der Waals surface area (Å²) in [6.45, 7) is 5.54. The average molecular weight is 378 g/mol. The molecule has 0 bridgehead atoms. The van der Waals surface area contributed by atoms with Gasteiger partial charge in [-0.15, -0.1) is 0 Å². The second-order valence-electron chi connectivity index (χ2n) is 5.39. The van der Waals surface area contributed by atoms with Crippen LogP contribution in [0.25, 0.3) is 5.31 Å². The van der Waals surface area contributed by atoms with Gasteiger partial charge in [-0.1, -0.05) is 13.0 Å². The van der Waals surface area contributed by atoms with Crippen molar-refractivity contribution in [1.29, 1.82) is 0 Å². The van der Waals surface area contributed by atoms with E-state index in [2.05, 4.69) is 9.97 Å². The highest BCUT2D eigenvalue weighted by molar-refractivity contribution is 7.65. The molecule has 1 N–H and O–H groups in total. The predicted molar refractivity (Wildman–Crippen MR) is 99.6 cm³/mol. The fraction of sp³-hybridized carbons (Fsp3) is 0.333. The van der Waals surface area contributed by atoms with Crippen LogP contribution in [0.5, 0.6) is 17.2 Å². The Morgan fingerprint density at radius 3 is 2.65 bits per heavy atom. The molecule has 0 saturated heterocycles. The smallest absolute Gasteiger partial charge is 0.412 e. The first-order valence-corrected chi connectivity index (χ1v) is 9.78. The maximum atomic E-state index is 13.6. The first-order valence-electron chi connectivity index (χ1n) is 8.24. The summed E-state index contributed by atoms with van der Waals surface area (Å²) >= 11 is 0. The van der Waals surface area contributed by atoms with Crippen molar-refractivity contribution >= 4 is 12.9 Å². The summed E-state index contributed by atoms with van der Waals surface area (Å²) in [6.07, 6.45) is 6.94. The number of methoxy groups -OCH3 is 1. The zero-order chi connectivity index (χ0) is 19.2. The number of hydrogen-bond acceptors (Lipinski definition) is 7. The van der Waals surface area contributed by atoms with Gasteiger partial charge in [-0.3, -0.25) is 14.5 Å². The fourth-order valence-corrected chi connectivity index (χ4v) is 4.17. The number of ether oxygens (including phenoxy) is 1. The van der Waals surface area contributed by atoms with Crippen molar-refractivity contribution in [3.8, 4) is 17.2 Å². The van der Waals surface area contributed by atoms with Crippen LogP contribution >= 0.6 is 7.60 Å². The van der Waals surface area contributed by atoms with Crippen molar-refractivity contribution in [2.75, 3.05) is 13.7 Å². The Bertz CT molecular complexity index is 824. The van der Waals surface area contributed by atoms with Crippen molar-refractivity contribution in [3.05, 3.63) is 48.1 Å². The van der Waals surface area contributed by atoms with Crippen LogP contribution < -0.4 is 9.26 Å². The number of nitrogens with zero attached hydrogens (tertiary/aromatic N) is 2. The molecule has 0 amide bonds. The topological polar surface area (TPSA) is 90.8 Å². The van der Waals surface area contributed by atoms with Gasteiger partial charge in [-0.2, -0.15) is 0 Å². The van der Waals surface area contributed by atoms with E-state index >= 15 is 0 Å². The third kappa shape index (κ3) is 4.42. The van der Waals surface area contributed by atoms with E-state index in [0.717, 1.165) is 0 Å². The molecule has 0 aliphatic heterocycles. The van der Waals surface area contributed by atoms with Crippen molar-refractivity contribution in [3.63, 3.8) is 0 Å². The number of aryl methyl sites for hydroxylation is 1. The normalized spacial score (nSPS) is 13.9. The van der Waals surface area contributed by atoms with Crippen molar-refractivity contribution < 1.29 is 23.5 Å². The molecule has 0 aliphatic carbocycles. The molecule has 1 atom stereocenters. The lowest BCUT2D eigenvalue weighted by molar-refractivity contribution is 0.289. The highest BCUT2D eigenvalue weighted by Gasteiger charge is 2.34. The lowest BCUT2D eigenvalue weighted by atomic mass is 10.2. The molecule has 1 aromatic carbocycles. The number of phenols is 1. The Kier molecular flexibility index (Phi) is 6.77. The molecule has 0 fully saturated rings. The number of aromatic hydroxyl groups is 1. The molecular weight excluding hydrogens is 355 g/mol. The van der Waals surface area contributed by atoms with Gasteiger partial charge in [0.05, 0.1) is 30.9 Å². The zero-order valence-corrected chi connectivity index (χ0v) is 16.2. The minimum atomic E-state index is -3.73. The van der Waals surface area contributed by atoms with E-state index < -0.39 is 7.60 Å². The third-order valence-electron chi connectivity index (χ3n) is 3.50. The van der Waals surface area contributed by atoms with E-state index in [1.807, 2.05) is 6.92 Å². The Morgan fingerprint density at radius 2 is 2.08 bits per heavy atom. The number of hydrogen-bond donors (Lipinski definition) is 1. The molecule has 1 heterocycles. The van der Waals surface area contributed by atoms with Crippen LogP contribution in [-0.2, 0) is 9.09 Å². The molecule has 8 heteroatoms. The lowest BCUT2D eigenvalue weighted by Gasteiger charge is -2.22. The zero-order valence-electron chi connectivity index (χ0n) is 15.3. The maximum Gasteiger partial charge on any atom is 0.412 e. The molecule has 0 aliphatic rings. The second kappa shape index (κ2) is 8.83. The summed E-state index contributed by atoms with van der Waals surface area (Å²) in [6, 6.07) is 3.04. The van der Waals surface area contributed by atoms with E-state index in [-0.39, 0.29) is 23.9 Å². The first kappa shape index (κ1) is 19.9. The van der Waals surface area contributed by atoms with E-state index in [1.54, 1.807) is 26.0 Å². The Morgan fingerprint density at radius 1 is 1.31 bits per heavy atom. The van der Waals surface area contributed by atoms with E-state index in [9.17, 15) is 9.67 Å². The maximum absolute atomic E-state index is 13.6. The van der Waals surface area contributed by atoms with Crippen LogP contribution in [-0.4, -0.2) is 28.8 Å². The largest absolute Gasteiger partial charge is 0.504 e. The van der Waals surface area contributed by atoms with Gasteiger partial charge in [0, 0.05) is 18.5 Å². The van der Waals surface area contributed by atoms with Crippen LogP contribution in [0, 0.1) is 6.92 Å². The Hall–Kier alpha value is -2.37. The summed E-state index contributed by atoms with van der Waals surface area (Å²) in [7, 11) is -2.30. The van der Waals surface area contributed by atoms with Crippen molar-refractivity contribution in [2.24, 2.45) is 0 Å².